The molecule has 0 spiro atoms. The third-order valence-electron chi connectivity index (χ3n) is 3.42. The lowest BCUT2D eigenvalue weighted by Gasteiger charge is -2.10. The van der Waals surface area contributed by atoms with E-state index >= 15 is 0 Å². The highest BCUT2D eigenvalue weighted by molar-refractivity contribution is 5.32. The van der Waals surface area contributed by atoms with Crippen molar-refractivity contribution in [3.05, 3.63) is 27.9 Å². The number of H-pyrrole nitrogens is 1. The van der Waals surface area contributed by atoms with E-state index in [0.717, 1.165) is 24.1 Å². The Bertz CT molecular complexity index is 577. The van der Waals surface area contributed by atoms with Gasteiger partial charge >= 0.3 is 0 Å². The summed E-state index contributed by atoms with van der Waals surface area (Å²) in [5.41, 5.74) is 1.73. The molecule has 3 rings (SSSR count). The largest absolute Gasteiger partial charge is 0.278 e. The molecule has 16 heavy (non-hydrogen) atoms. The lowest BCUT2D eigenvalue weighted by molar-refractivity contribution is 0.686. The molecule has 1 saturated carbocycles. The van der Waals surface area contributed by atoms with Gasteiger partial charge in [-0.1, -0.05) is 12.8 Å². The molecular formula is C11H14N4O. The van der Waals surface area contributed by atoms with Gasteiger partial charge < -0.3 is 0 Å². The molecule has 0 radical (unpaired) electrons. The first-order valence-corrected chi connectivity index (χ1v) is 5.70. The van der Waals surface area contributed by atoms with Crippen LogP contribution < -0.4 is 5.56 Å². The topological polar surface area (TPSA) is 63.1 Å². The van der Waals surface area contributed by atoms with Crippen LogP contribution in [0.15, 0.2) is 11.1 Å². The third kappa shape index (κ3) is 1.27. The van der Waals surface area contributed by atoms with Crippen molar-refractivity contribution in [1.82, 2.24) is 19.6 Å². The minimum absolute atomic E-state index is 0.0203. The zero-order valence-corrected chi connectivity index (χ0v) is 9.23. The maximum atomic E-state index is 12.2. The van der Waals surface area contributed by atoms with Crippen LogP contribution in [0.2, 0.25) is 0 Å². The van der Waals surface area contributed by atoms with Gasteiger partial charge in [0.2, 0.25) is 0 Å². The standard InChI is InChI=1S/C11H14N4O/c1-7-9(8-4-2-3-5-8)10(16)15-11(14-7)12-6-13-15/h6,8H,2-5H2,1H3,(H,12,13,14). The SMILES string of the molecule is Cc1nc2nc[nH]n2c(=O)c1C1CCCC1. The van der Waals surface area contributed by atoms with Crippen molar-refractivity contribution < 1.29 is 0 Å². The lowest BCUT2D eigenvalue weighted by Crippen LogP contribution is -2.23. The van der Waals surface area contributed by atoms with Crippen molar-refractivity contribution in [3.63, 3.8) is 0 Å². The van der Waals surface area contributed by atoms with Crippen molar-refractivity contribution in [2.75, 3.05) is 0 Å². The summed E-state index contributed by atoms with van der Waals surface area (Å²) in [6.45, 7) is 1.91. The Morgan fingerprint density at radius 1 is 1.44 bits per heavy atom. The fourth-order valence-electron chi connectivity index (χ4n) is 2.66. The Balaban J connectivity index is 2.26. The molecule has 0 aliphatic heterocycles. The van der Waals surface area contributed by atoms with Gasteiger partial charge in [0.1, 0.15) is 6.33 Å². The number of nitrogens with one attached hydrogen (secondary N) is 1. The van der Waals surface area contributed by atoms with Gasteiger partial charge in [0.05, 0.1) is 5.69 Å². The van der Waals surface area contributed by atoms with E-state index in [1.54, 1.807) is 0 Å². The quantitative estimate of drug-likeness (QED) is 0.786. The summed E-state index contributed by atoms with van der Waals surface area (Å²) in [5.74, 6) is 0.851. The smallest absolute Gasteiger partial charge is 0.277 e. The first kappa shape index (κ1) is 9.57. The molecule has 2 heterocycles. The van der Waals surface area contributed by atoms with Crippen LogP contribution in [-0.4, -0.2) is 19.6 Å². The number of aromatic nitrogens is 4. The fourth-order valence-corrected chi connectivity index (χ4v) is 2.66. The zero-order valence-electron chi connectivity index (χ0n) is 9.23. The van der Waals surface area contributed by atoms with Crippen LogP contribution in [-0.2, 0) is 0 Å². The van der Waals surface area contributed by atoms with Gasteiger partial charge in [-0.15, -0.1) is 0 Å². The molecule has 0 amide bonds. The molecule has 0 unspecified atom stereocenters. The molecule has 0 bridgehead atoms. The van der Waals surface area contributed by atoms with Gasteiger partial charge in [-0.3, -0.25) is 9.89 Å². The van der Waals surface area contributed by atoms with Gasteiger partial charge in [-0.25, -0.2) is 9.97 Å². The number of aromatic amines is 1. The van der Waals surface area contributed by atoms with Crippen molar-refractivity contribution in [2.24, 2.45) is 0 Å². The van der Waals surface area contributed by atoms with Crippen molar-refractivity contribution >= 4 is 5.78 Å². The average Bonchev–Trinajstić information content (AvgIpc) is 2.87. The maximum absolute atomic E-state index is 12.2. The predicted octanol–water partition coefficient (Wildman–Crippen LogP) is 1.38. The predicted molar refractivity (Wildman–Crippen MR) is 59.6 cm³/mol. The first-order chi connectivity index (χ1) is 7.77. The van der Waals surface area contributed by atoms with E-state index in [1.165, 1.54) is 23.7 Å². The molecule has 2 aromatic rings. The molecule has 2 aromatic heterocycles. The highest BCUT2D eigenvalue weighted by Crippen LogP contribution is 2.33. The second kappa shape index (κ2) is 3.43. The van der Waals surface area contributed by atoms with E-state index in [4.69, 9.17) is 0 Å². The lowest BCUT2D eigenvalue weighted by atomic mass is 9.98. The van der Waals surface area contributed by atoms with E-state index in [0.29, 0.717) is 11.7 Å². The van der Waals surface area contributed by atoms with Crippen molar-refractivity contribution in [1.29, 1.82) is 0 Å². The van der Waals surface area contributed by atoms with E-state index in [1.807, 2.05) is 6.92 Å². The van der Waals surface area contributed by atoms with E-state index < -0.39 is 0 Å². The Morgan fingerprint density at radius 2 is 2.19 bits per heavy atom. The number of hydrogen-bond donors (Lipinski definition) is 1. The van der Waals surface area contributed by atoms with Crippen molar-refractivity contribution in [3.8, 4) is 0 Å². The molecule has 0 atom stereocenters. The molecule has 1 N–H and O–H groups in total. The van der Waals surface area contributed by atoms with E-state index in [2.05, 4.69) is 15.1 Å². The summed E-state index contributed by atoms with van der Waals surface area (Å²) in [6, 6.07) is 0. The molecule has 0 saturated heterocycles. The summed E-state index contributed by atoms with van der Waals surface area (Å²) in [7, 11) is 0. The normalized spacial score (nSPS) is 17.3. The summed E-state index contributed by atoms with van der Waals surface area (Å²) in [5, 5.41) is 2.81. The minimum atomic E-state index is 0.0203. The minimum Gasteiger partial charge on any atom is -0.278 e. The molecule has 1 aliphatic carbocycles. The summed E-state index contributed by atoms with van der Waals surface area (Å²) in [6.07, 6.45) is 6.15. The number of fused-ring (bicyclic) bond motifs is 1. The molecule has 5 nitrogen and oxygen atoms in total. The van der Waals surface area contributed by atoms with Crippen molar-refractivity contribution in [2.45, 2.75) is 38.5 Å². The summed E-state index contributed by atoms with van der Waals surface area (Å²) < 4.78 is 1.43. The van der Waals surface area contributed by atoms with Crippen LogP contribution in [0.25, 0.3) is 5.78 Å². The average molecular weight is 218 g/mol. The highest BCUT2D eigenvalue weighted by Gasteiger charge is 2.23. The van der Waals surface area contributed by atoms with Gasteiger partial charge in [0, 0.05) is 5.56 Å². The number of nitrogens with zero attached hydrogens (tertiary/aromatic N) is 3. The van der Waals surface area contributed by atoms with Crippen LogP contribution in [0.5, 0.6) is 0 Å². The van der Waals surface area contributed by atoms with Gasteiger partial charge in [0.25, 0.3) is 11.3 Å². The number of hydrogen-bond acceptors (Lipinski definition) is 3. The zero-order chi connectivity index (χ0) is 11.1. The molecule has 84 valence electrons. The fraction of sp³-hybridized carbons (Fsp3) is 0.545. The van der Waals surface area contributed by atoms with Crippen LogP contribution in [0.3, 0.4) is 0 Å². The summed E-state index contributed by atoms with van der Waals surface area (Å²) in [4.78, 5) is 20.6. The summed E-state index contributed by atoms with van der Waals surface area (Å²) >= 11 is 0. The van der Waals surface area contributed by atoms with Gasteiger partial charge in [-0.2, -0.15) is 4.52 Å². The first-order valence-electron chi connectivity index (χ1n) is 5.70. The monoisotopic (exact) mass is 218 g/mol. The van der Waals surface area contributed by atoms with E-state index in [9.17, 15) is 4.79 Å². The Hall–Kier alpha value is -1.65. The van der Waals surface area contributed by atoms with Gasteiger partial charge in [0.15, 0.2) is 0 Å². The number of aryl methyl sites for hydroxylation is 1. The Morgan fingerprint density at radius 3 is 2.94 bits per heavy atom. The third-order valence-corrected chi connectivity index (χ3v) is 3.42. The van der Waals surface area contributed by atoms with Crippen LogP contribution in [0, 0.1) is 6.92 Å². The molecule has 0 aromatic carbocycles. The molecular weight excluding hydrogens is 204 g/mol. The Labute approximate surface area is 92.5 Å². The molecule has 1 aliphatic rings. The number of rotatable bonds is 1. The molecule has 5 heteroatoms. The highest BCUT2D eigenvalue weighted by atomic mass is 16.1. The van der Waals surface area contributed by atoms with Crippen LogP contribution >= 0.6 is 0 Å². The maximum Gasteiger partial charge on any atom is 0.277 e. The van der Waals surface area contributed by atoms with E-state index in [-0.39, 0.29) is 5.56 Å². The van der Waals surface area contributed by atoms with Gasteiger partial charge in [-0.05, 0) is 25.7 Å². The van der Waals surface area contributed by atoms with Crippen LogP contribution in [0.1, 0.15) is 42.9 Å². The second-order valence-corrected chi connectivity index (χ2v) is 4.42. The van der Waals surface area contributed by atoms with Crippen LogP contribution in [0.4, 0.5) is 0 Å². The molecule has 1 fully saturated rings. The second-order valence-electron chi connectivity index (χ2n) is 4.42. The Kier molecular flexibility index (Phi) is 2.05.